The number of nitrogens with zero attached hydrogens (tertiary/aromatic N) is 3. The Labute approximate surface area is 103 Å². The fraction of sp³-hybridized carbons (Fsp3) is 0.538. The summed E-state index contributed by atoms with van der Waals surface area (Å²) in [5, 5.41) is 11.9. The monoisotopic (exact) mass is 232 g/mol. The zero-order valence-electron chi connectivity index (χ0n) is 10.6. The maximum Gasteiger partial charge on any atom is 0.130 e. The molecule has 0 atom stereocenters. The summed E-state index contributed by atoms with van der Waals surface area (Å²) in [4.78, 5) is 6.65. The van der Waals surface area contributed by atoms with Gasteiger partial charge in [-0.1, -0.05) is 13.0 Å². The topological polar surface area (TPSA) is 52.0 Å². The summed E-state index contributed by atoms with van der Waals surface area (Å²) in [6.07, 6.45) is 1.61. The smallest absolute Gasteiger partial charge is 0.130 e. The molecule has 0 spiro atoms. The number of hydrogen-bond acceptors (Lipinski definition) is 4. The number of hydrogen-bond donors (Lipinski definition) is 1. The van der Waals surface area contributed by atoms with Crippen LogP contribution in [0.5, 0.6) is 0 Å². The van der Waals surface area contributed by atoms with E-state index in [4.69, 9.17) is 5.26 Å². The Balaban J connectivity index is 2.70. The van der Waals surface area contributed by atoms with E-state index in [0.717, 1.165) is 37.7 Å². The van der Waals surface area contributed by atoms with Crippen LogP contribution in [-0.4, -0.2) is 24.6 Å². The van der Waals surface area contributed by atoms with Crippen LogP contribution in [0.25, 0.3) is 0 Å². The number of anilines is 2. The van der Waals surface area contributed by atoms with Crippen LogP contribution in [0.4, 0.5) is 11.6 Å². The van der Waals surface area contributed by atoms with Gasteiger partial charge in [0.15, 0.2) is 0 Å². The molecule has 0 aromatic carbocycles. The average Bonchev–Trinajstić information content (AvgIpc) is 2.38. The quantitative estimate of drug-likeness (QED) is 0.785. The first kappa shape index (κ1) is 13.3. The molecule has 1 heterocycles. The second-order valence-corrected chi connectivity index (χ2v) is 3.80. The third-order valence-electron chi connectivity index (χ3n) is 2.49. The lowest BCUT2D eigenvalue weighted by molar-refractivity contribution is 0.810. The van der Waals surface area contributed by atoms with E-state index in [1.807, 2.05) is 18.2 Å². The van der Waals surface area contributed by atoms with Crippen molar-refractivity contribution in [1.82, 2.24) is 4.98 Å². The molecule has 0 fully saturated rings. The molecule has 0 radical (unpaired) electrons. The summed E-state index contributed by atoms with van der Waals surface area (Å²) in [7, 11) is 0. The summed E-state index contributed by atoms with van der Waals surface area (Å²) in [6.45, 7) is 6.73. The van der Waals surface area contributed by atoms with Gasteiger partial charge in [0.2, 0.25) is 0 Å². The summed E-state index contributed by atoms with van der Waals surface area (Å²) in [5.41, 5.74) is 0. The first-order valence-corrected chi connectivity index (χ1v) is 6.14. The molecule has 0 saturated carbocycles. The Bertz CT molecular complexity index is 370. The Morgan fingerprint density at radius 2 is 2.24 bits per heavy atom. The van der Waals surface area contributed by atoms with Gasteiger partial charge in [-0.3, -0.25) is 0 Å². The summed E-state index contributed by atoms with van der Waals surface area (Å²) < 4.78 is 0. The number of nitrogens with one attached hydrogen (secondary N) is 1. The first-order chi connectivity index (χ1) is 8.31. The molecular formula is C13H20N4. The lowest BCUT2D eigenvalue weighted by Gasteiger charge is -2.21. The second kappa shape index (κ2) is 7.50. The third-order valence-corrected chi connectivity index (χ3v) is 2.49. The van der Waals surface area contributed by atoms with Crippen molar-refractivity contribution in [3.05, 3.63) is 18.2 Å². The van der Waals surface area contributed by atoms with Gasteiger partial charge in [-0.05, 0) is 25.5 Å². The van der Waals surface area contributed by atoms with Crippen molar-refractivity contribution in [3.63, 3.8) is 0 Å². The van der Waals surface area contributed by atoms with Crippen LogP contribution in [0.3, 0.4) is 0 Å². The average molecular weight is 232 g/mol. The second-order valence-electron chi connectivity index (χ2n) is 3.80. The van der Waals surface area contributed by atoms with E-state index in [-0.39, 0.29) is 0 Å². The molecule has 0 unspecified atom stereocenters. The minimum atomic E-state index is 0.530. The van der Waals surface area contributed by atoms with Crippen molar-refractivity contribution in [2.24, 2.45) is 0 Å². The van der Waals surface area contributed by atoms with Gasteiger partial charge >= 0.3 is 0 Å². The van der Waals surface area contributed by atoms with Crippen molar-refractivity contribution in [2.45, 2.75) is 26.7 Å². The lowest BCUT2D eigenvalue weighted by atomic mass is 10.3. The summed E-state index contributed by atoms with van der Waals surface area (Å²) in [6, 6.07) is 8.12. The van der Waals surface area contributed by atoms with Gasteiger partial charge in [0, 0.05) is 19.6 Å². The number of aromatic nitrogens is 1. The van der Waals surface area contributed by atoms with E-state index >= 15 is 0 Å². The van der Waals surface area contributed by atoms with Crippen LogP contribution in [0, 0.1) is 11.3 Å². The van der Waals surface area contributed by atoms with E-state index in [2.05, 4.69) is 35.1 Å². The molecule has 1 N–H and O–H groups in total. The van der Waals surface area contributed by atoms with Gasteiger partial charge < -0.3 is 10.2 Å². The number of nitriles is 1. The molecule has 1 aromatic rings. The molecule has 4 heteroatoms. The van der Waals surface area contributed by atoms with Crippen LogP contribution in [0.15, 0.2) is 18.2 Å². The van der Waals surface area contributed by atoms with Gasteiger partial charge in [0.1, 0.15) is 11.6 Å². The highest BCUT2D eigenvalue weighted by Gasteiger charge is 2.05. The standard InChI is InChI=1S/C13H20N4/c1-3-10-15-12-7-5-8-13(16-12)17(4-2)11-6-9-14/h5,7-8H,3-4,6,10-11H2,1-2H3,(H,15,16). The van der Waals surface area contributed by atoms with Gasteiger partial charge in [0.05, 0.1) is 12.5 Å². The third kappa shape index (κ3) is 4.31. The minimum absolute atomic E-state index is 0.530. The highest BCUT2D eigenvalue weighted by Crippen LogP contribution is 2.14. The Hall–Kier alpha value is -1.76. The van der Waals surface area contributed by atoms with Crippen molar-refractivity contribution in [3.8, 4) is 6.07 Å². The molecule has 1 rings (SSSR count). The highest BCUT2D eigenvalue weighted by molar-refractivity contribution is 5.47. The zero-order chi connectivity index (χ0) is 12.5. The molecule has 4 nitrogen and oxygen atoms in total. The van der Waals surface area contributed by atoms with Gasteiger partial charge in [-0.25, -0.2) is 4.98 Å². The van der Waals surface area contributed by atoms with Crippen LogP contribution in [0.2, 0.25) is 0 Å². The maximum absolute atomic E-state index is 8.62. The number of rotatable bonds is 7. The van der Waals surface area contributed by atoms with E-state index < -0.39 is 0 Å². The van der Waals surface area contributed by atoms with Crippen molar-refractivity contribution in [1.29, 1.82) is 5.26 Å². The fourth-order valence-electron chi connectivity index (χ4n) is 1.57. The molecule has 0 amide bonds. The van der Waals surface area contributed by atoms with Gasteiger partial charge in [-0.15, -0.1) is 0 Å². The first-order valence-electron chi connectivity index (χ1n) is 6.14. The Kier molecular flexibility index (Phi) is 5.87. The molecule has 0 aliphatic rings. The molecule has 92 valence electrons. The fourth-order valence-corrected chi connectivity index (χ4v) is 1.57. The van der Waals surface area contributed by atoms with E-state index in [1.165, 1.54) is 0 Å². The SMILES string of the molecule is CCCNc1cccc(N(CC)CCC#N)n1. The molecule has 0 aliphatic heterocycles. The van der Waals surface area contributed by atoms with E-state index in [0.29, 0.717) is 6.42 Å². The van der Waals surface area contributed by atoms with E-state index in [1.54, 1.807) is 0 Å². The van der Waals surface area contributed by atoms with Gasteiger partial charge in [0.25, 0.3) is 0 Å². The predicted octanol–water partition coefficient (Wildman–Crippen LogP) is 2.64. The van der Waals surface area contributed by atoms with Crippen LogP contribution >= 0.6 is 0 Å². The van der Waals surface area contributed by atoms with Gasteiger partial charge in [-0.2, -0.15) is 5.26 Å². The lowest BCUT2D eigenvalue weighted by Crippen LogP contribution is -2.24. The van der Waals surface area contributed by atoms with Crippen molar-refractivity contribution < 1.29 is 0 Å². The van der Waals surface area contributed by atoms with Crippen molar-refractivity contribution in [2.75, 3.05) is 29.9 Å². The normalized spacial score (nSPS) is 9.71. The predicted molar refractivity (Wildman–Crippen MR) is 71.1 cm³/mol. The Morgan fingerprint density at radius 1 is 1.41 bits per heavy atom. The van der Waals surface area contributed by atoms with Crippen molar-refractivity contribution >= 4 is 11.6 Å². The minimum Gasteiger partial charge on any atom is -0.370 e. The van der Waals surface area contributed by atoms with Crippen LogP contribution in [0.1, 0.15) is 26.7 Å². The Morgan fingerprint density at radius 3 is 2.88 bits per heavy atom. The largest absolute Gasteiger partial charge is 0.370 e. The number of pyridine rings is 1. The van der Waals surface area contributed by atoms with Crippen LogP contribution in [-0.2, 0) is 0 Å². The molecule has 1 aromatic heterocycles. The molecule has 0 aliphatic carbocycles. The molecule has 0 saturated heterocycles. The van der Waals surface area contributed by atoms with Crippen LogP contribution < -0.4 is 10.2 Å². The molecule has 17 heavy (non-hydrogen) atoms. The molecule has 0 bridgehead atoms. The molecular weight excluding hydrogens is 212 g/mol. The summed E-state index contributed by atoms with van der Waals surface area (Å²) >= 11 is 0. The highest BCUT2D eigenvalue weighted by atomic mass is 15.2. The maximum atomic E-state index is 8.62. The van der Waals surface area contributed by atoms with E-state index in [9.17, 15) is 0 Å². The summed E-state index contributed by atoms with van der Waals surface area (Å²) in [5.74, 6) is 1.84. The zero-order valence-corrected chi connectivity index (χ0v) is 10.6.